The minimum absolute atomic E-state index is 0.342. The average molecular weight is 219 g/mol. The van der Waals surface area contributed by atoms with E-state index in [4.69, 9.17) is 9.47 Å². The molecule has 0 radical (unpaired) electrons. The highest BCUT2D eigenvalue weighted by atomic mass is 19.1. The summed E-state index contributed by atoms with van der Waals surface area (Å²) >= 11 is 0. The van der Waals surface area contributed by atoms with Gasteiger partial charge in [0.25, 0.3) is 0 Å². The van der Waals surface area contributed by atoms with Crippen LogP contribution >= 0.6 is 0 Å². The fourth-order valence-electron chi connectivity index (χ4n) is 1.47. The van der Waals surface area contributed by atoms with Crippen molar-refractivity contribution in [3.05, 3.63) is 0 Å². The highest BCUT2D eigenvalue weighted by Crippen LogP contribution is 2.23. The Labute approximate surface area is 89.3 Å². The summed E-state index contributed by atoms with van der Waals surface area (Å²) in [6.07, 6.45) is -2.03. The predicted octanol–water partition coefficient (Wildman–Crippen LogP) is 1.94. The predicted molar refractivity (Wildman–Crippen MR) is 53.3 cm³/mol. The van der Waals surface area contributed by atoms with E-state index in [9.17, 15) is 9.18 Å². The van der Waals surface area contributed by atoms with E-state index < -0.39 is 24.1 Å². The molecule has 1 heterocycles. The molecule has 1 aliphatic rings. The standard InChI is InChI=1S/C10H18FNO3/c1-10(2,3)15-9(13)12-6-5-7(14-4)8(12)11/h7-8H,5-6H2,1-4H3. The number of rotatable bonds is 1. The highest BCUT2D eigenvalue weighted by Gasteiger charge is 2.39. The Morgan fingerprint density at radius 1 is 1.47 bits per heavy atom. The van der Waals surface area contributed by atoms with Gasteiger partial charge < -0.3 is 9.47 Å². The van der Waals surface area contributed by atoms with Crippen LogP contribution in [-0.2, 0) is 9.47 Å². The summed E-state index contributed by atoms with van der Waals surface area (Å²) in [4.78, 5) is 12.6. The van der Waals surface area contributed by atoms with Crippen LogP contribution in [0.2, 0.25) is 0 Å². The minimum atomic E-state index is -1.40. The first kappa shape index (κ1) is 12.2. The lowest BCUT2D eigenvalue weighted by Crippen LogP contribution is -2.40. The number of likely N-dealkylation sites (tertiary alicyclic amines) is 1. The second kappa shape index (κ2) is 4.35. The van der Waals surface area contributed by atoms with Gasteiger partial charge in [-0.3, -0.25) is 4.90 Å². The Morgan fingerprint density at radius 2 is 2.07 bits per heavy atom. The quantitative estimate of drug-likeness (QED) is 0.632. The van der Waals surface area contributed by atoms with Crippen LogP contribution in [0.15, 0.2) is 0 Å². The molecule has 0 aromatic carbocycles. The molecule has 0 aromatic heterocycles. The van der Waals surface area contributed by atoms with Crippen LogP contribution in [0.3, 0.4) is 0 Å². The van der Waals surface area contributed by atoms with Crippen LogP contribution in [-0.4, -0.2) is 42.6 Å². The van der Waals surface area contributed by atoms with Crippen LogP contribution in [0.5, 0.6) is 0 Å². The second-order valence-corrected chi connectivity index (χ2v) is 4.61. The van der Waals surface area contributed by atoms with E-state index >= 15 is 0 Å². The first-order valence-corrected chi connectivity index (χ1v) is 5.01. The third-order valence-electron chi connectivity index (χ3n) is 2.19. The van der Waals surface area contributed by atoms with Gasteiger partial charge >= 0.3 is 6.09 Å². The lowest BCUT2D eigenvalue weighted by molar-refractivity contribution is -0.0226. The second-order valence-electron chi connectivity index (χ2n) is 4.61. The van der Waals surface area contributed by atoms with Crippen molar-refractivity contribution in [2.75, 3.05) is 13.7 Å². The van der Waals surface area contributed by atoms with Crippen molar-refractivity contribution < 1.29 is 18.7 Å². The molecule has 0 bridgehead atoms. The summed E-state index contributed by atoms with van der Waals surface area (Å²) in [7, 11) is 1.44. The first-order chi connectivity index (χ1) is 6.85. The first-order valence-electron chi connectivity index (χ1n) is 5.01. The molecule has 1 aliphatic heterocycles. The Hall–Kier alpha value is -0.840. The molecule has 0 aromatic rings. The number of hydrogen-bond donors (Lipinski definition) is 0. The van der Waals surface area contributed by atoms with Crippen molar-refractivity contribution in [2.45, 2.75) is 45.2 Å². The van der Waals surface area contributed by atoms with Gasteiger partial charge in [0.2, 0.25) is 6.30 Å². The van der Waals surface area contributed by atoms with Crippen molar-refractivity contribution in [3.8, 4) is 0 Å². The van der Waals surface area contributed by atoms with Gasteiger partial charge in [-0.15, -0.1) is 0 Å². The summed E-state index contributed by atoms with van der Waals surface area (Å²) in [5, 5.41) is 0. The smallest absolute Gasteiger partial charge is 0.412 e. The van der Waals surface area contributed by atoms with Gasteiger partial charge in [0.1, 0.15) is 11.7 Å². The van der Waals surface area contributed by atoms with Crippen molar-refractivity contribution in [2.24, 2.45) is 0 Å². The number of hydrogen-bond acceptors (Lipinski definition) is 3. The Morgan fingerprint density at radius 3 is 2.47 bits per heavy atom. The van der Waals surface area contributed by atoms with E-state index in [2.05, 4.69) is 0 Å². The third-order valence-corrected chi connectivity index (χ3v) is 2.19. The maximum atomic E-state index is 13.6. The number of ether oxygens (including phenoxy) is 2. The number of carbonyl (C=O) groups excluding carboxylic acids is 1. The molecule has 0 aliphatic carbocycles. The number of carbonyl (C=O) groups is 1. The van der Waals surface area contributed by atoms with E-state index in [-0.39, 0.29) is 0 Å². The largest absolute Gasteiger partial charge is 0.444 e. The molecular formula is C10H18FNO3. The fourth-order valence-corrected chi connectivity index (χ4v) is 1.47. The maximum absolute atomic E-state index is 13.6. The Kier molecular flexibility index (Phi) is 3.54. The van der Waals surface area contributed by atoms with Crippen LogP contribution in [0.4, 0.5) is 9.18 Å². The number of alkyl halides is 1. The Balaban J connectivity index is 2.55. The van der Waals surface area contributed by atoms with E-state index in [0.29, 0.717) is 13.0 Å². The van der Waals surface area contributed by atoms with Crippen LogP contribution in [0.1, 0.15) is 27.2 Å². The van der Waals surface area contributed by atoms with Gasteiger partial charge in [-0.2, -0.15) is 0 Å². The number of methoxy groups -OCH3 is 1. The highest BCUT2D eigenvalue weighted by molar-refractivity contribution is 5.68. The Bertz CT molecular complexity index is 239. The molecule has 1 fully saturated rings. The van der Waals surface area contributed by atoms with E-state index in [1.807, 2.05) is 0 Å². The van der Waals surface area contributed by atoms with Gasteiger partial charge in [0, 0.05) is 13.7 Å². The molecule has 1 saturated heterocycles. The summed E-state index contributed by atoms with van der Waals surface area (Å²) < 4.78 is 23.6. The van der Waals surface area contributed by atoms with Gasteiger partial charge in [-0.1, -0.05) is 0 Å². The number of halogens is 1. The molecule has 0 N–H and O–H groups in total. The molecule has 2 atom stereocenters. The fraction of sp³-hybridized carbons (Fsp3) is 0.900. The number of nitrogens with zero attached hydrogens (tertiary/aromatic N) is 1. The maximum Gasteiger partial charge on any atom is 0.412 e. The molecule has 5 heteroatoms. The zero-order valence-electron chi connectivity index (χ0n) is 9.62. The van der Waals surface area contributed by atoms with Crippen LogP contribution < -0.4 is 0 Å². The van der Waals surface area contributed by atoms with E-state index in [1.165, 1.54) is 7.11 Å². The zero-order valence-corrected chi connectivity index (χ0v) is 9.62. The van der Waals surface area contributed by atoms with Crippen LogP contribution in [0.25, 0.3) is 0 Å². The number of amides is 1. The van der Waals surface area contributed by atoms with Crippen molar-refractivity contribution in [3.63, 3.8) is 0 Å². The normalized spacial score (nSPS) is 26.9. The molecule has 88 valence electrons. The molecule has 1 amide bonds. The summed E-state index contributed by atoms with van der Waals surface area (Å²) in [6, 6.07) is 0. The van der Waals surface area contributed by atoms with Crippen molar-refractivity contribution in [1.29, 1.82) is 0 Å². The van der Waals surface area contributed by atoms with Gasteiger partial charge in [-0.25, -0.2) is 9.18 Å². The molecule has 2 unspecified atom stereocenters. The summed E-state index contributed by atoms with van der Waals surface area (Å²) in [5.74, 6) is 0. The van der Waals surface area contributed by atoms with Crippen molar-refractivity contribution in [1.82, 2.24) is 4.90 Å². The van der Waals surface area contributed by atoms with Gasteiger partial charge in [0.15, 0.2) is 0 Å². The molecule has 0 spiro atoms. The van der Waals surface area contributed by atoms with Gasteiger partial charge in [0.05, 0.1) is 0 Å². The van der Waals surface area contributed by atoms with Gasteiger partial charge in [-0.05, 0) is 27.2 Å². The topological polar surface area (TPSA) is 38.8 Å². The van der Waals surface area contributed by atoms with E-state index in [0.717, 1.165) is 4.90 Å². The van der Waals surface area contributed by atoms with Crippen molar-refractivity contribution >= 4 is 6.09 Å². The average Bonchev–Trinajstić information content (AvgIpc) is 2.43. The molecule has 0 saturated carbocycles. The zero-order chi connectivity index (χ0) is 11.6. The molecule has 15 heavy (non-hydrogen) atoms. The monoisotopic (exact) mass is 219 g/mol. The van der Waals surface area contributed by atoms with Crippen LogP contribution in [0, 0.1) is 0 Å². The molecule has 4 nitrogen and oxygen atoms in total. The SMILES string of the molecule is COC1CCN(C(=O)OC(C)(C)C)C1F. The summed E-state index contributed by atoms with van der Waals surface area (Å²) in [6.45, 7) is 5.60. The molecule has 1 rings (SSSR count). The lowest BCUT2D eigenvalue weighted by Gasteiger charge is -2.26. The van der Waals surface area contributed by atoms with E-state index in [1.54, 1.807) is 20.8 Å². The summed E-state index contributed by atoms with van der Waals surface area (Å²) in [5.41, 5.74) is -0.595. The third kappa shape index (κ3) is 3.06. The lowest BCUT2D eigenvalue weighted by atomic mass is 10.2. The molecular weight excluding hydrogens is 201 g/mol. The minimum Gasteiger partial charge on any atom is -0.444 e.